The number of rotatable bonds is 5. The number of aryl methyl sites for hydroxylation is 2. The zero-order chi connectivity index (χ0) is 13.8. The second-order valence-electron chi connectivity index (χ2n) is 4.16. The standard InChI is InChI=1S/C14H15ClN2OS/c1-3-12-14(15)13(17(2)16-12)9-19-11-6-4-10(8-18)5-7-11/h4-8H,3,9H2,1-2H3. The van der Waals surface area contributed by atoms with Gasteiger partial charge in [-0.2, -0.15) is 5.10 Å². The van der Waals surface area contributed by atoms with E-state index in [9.17, 15) is 4.79 Å². The molecule has 1 heterocycles. The van der Waals surface area contributed by atoms with Crippen LogP contribution in [0.4, 0.5) is 0 Å². The average molecular weight is 295 g/mol. The van der Waals surface area contributed by atoms with Crippen LogP contribution in [0.5, 0.6) is 0 Å². The van der Waals surface area contributed by atoms with Gasteiger partial charge < -0.3 is 0 Å². The minimum Gasteiger partial charge on any atom is -0.298 e. The summed E-state index contributed by atoms with van der Waals surface area (Å²) in [5.74, 6) is 0.767. The van der Waals surface area contributed by atoms with Crippen LogP contribution in [0.15, 0.2) is 29.2 Å². The topological polar surface area (TPSA) is 34.9 Å². The summed E-state index contributed by atoms with van der Waals surface area (Å²) in [6.45, 7) is 2.04. The summed E-state index contributed by atoms with van der Waals surface area (Å²) in [4.78, 5) is 11.7. The third kappa shape index (κ3) is 3.19. The second kappa shape index (κ2) is 6.26. The minimum absolute atomic E-state index is 0.691. The zero-order valence-electron chi connectivity index (χ0n) is 10.9. The quantitative estimate of drug-likeness (QED) is 0.622. The molecule has 0 fully saturated rings. The summed E-state index contributed by atoms with van der Waals surface area (Å²) in [5, 5.41) is 5.16. The van der Waals surface area contributed by atoms with Gasteiger partial charge in [0.1, 0.15) is 6.29 Å². The van der Waals surface area contributed by atoms with E-state index in [1.807, 2.05) is 42.9 Å². The van der Waals surface area contributed by atoms with Gasteiger partial charge in [0.25, 0.3) is 0 Å². The Balaban J connectivity index is 2.09. The minimum atomic E-state index is 0.691. The largest absolute Gasteiger partial charge is 0.298 e. The summed E-state index contributed by atoms with van der Waals surface area (Å²) in [5.41, 5.74) is 2.66. The average Bonchev–Trinajstić information content (AvgIpc) is 2.72. The highest BCUT2D eigenvalue weighted by molar-refractivity contribution is 7.98. The first-order valence-corrected chi connectivity index (χ1v) is 7.40. The van der Waals surface area contributed by atoms with E-state index in [2.05, 4.69) is 5.10 Å². The van der Waals surface area contributed by atoms with E-state index >= 15 is 0 Å². The Morgan fingerprint density at radius 1 is 1.37 bits per heavy atom. The van der Waals surface area contributed by atoms with Gasteiger partial charge in [0.2, 0.25) is 0 Å². The predicted molar refractivity (Wildman–Crippen MR) is 79.0 cm³/mol. The molecule has 1 aromatic heterocycles. The molecule has 0 radical (unpaired) electrons. The lowest BCUT2D eigenvalue weighted by molar-refractivity contribution is 0.112. The van der Waals surface area contributed by atoms with Crippen molar-refractivity contribution in [3.05, 3.63) is 46.2 Å². The number of hydrogen-bond donors (Lipinski definition) is 0. The maximum atomic E-state index is 10.6. The van der Waals surface area contributed by atoms with E-state index in [1.54, 1.807) is 11.8 Å². The second-order valence-corrected chi connectivity index (χ2v) is 5.59. The maximum Gasteiger partial charge on any atom is 0.150 e. The van der Waals surface area contributed by atoms with E-state index in [-0.39, 0.29) is 0 Å². The van der Waals surface area contributed by atoms with Gasteiger partial charge in [-0.15, -0.1) is 11.8 Å². The van der Waals surface area contributed by atoms with Crippen LogP contribution in [-0.2, 0) is 19.2 Å². The molecule has 0 saturated carbocycles. The number of hydrogen-bond acceptors (Lipinski definition) is 3. The monoisotopic (exact) mass is 294 g/mol. The van der Waals surface area contributed by atoms with Crippen molar-refractivity contribution < 1.29 is 4.79 Å². The molecule has 0 bridgehead atoms. The van der Waals surface area contributed by atoms with Crippen molar-refractivity contribution in [1.29, 1.82) is 0 Å². The molecule has 19 heavy (non-hydrogen) atoms. The molecule has 0 N–H and O–H groups in total. The first-order chi connectivity index (χ1) is 9.15. The molecule has 1 aromatic carbocycles. The summed E-state index contributed by atoms with van der Waals surface area (Å²) in [7, 11) is 1.91. The van der Waals surface area contributed by atoms with E-state index in [0.29, 0.717) is 5.56 Å². The first kappa shape index (κ1) is 14.2. The van der Waals surface area contributed by atoms with Gasteiger partial charge >= 0.3 is 0 Å². The molecule has 0 aliphatic carbocycles. The van der Waals surface area contributed by atoms with Crippen LogP contribution in [0.2, 0.25) is 5.02 Å². The summed E-state index contributed by atoms with van der Waals surface area (Å²) in [6, 6.07) is 7.52. The number of carbonyl (C=O) groups excluding carboxylic acids is 1. The molecule has 2 rings (SSSR count). The van der Waals surface area contributed by atoms with Crippen LogP contribution in [0.3, 0.4) is 0 Å². The lowest BCUT2D eigenvalue weighted by atomic mass is 10.2. The van der Waals surface area contributed by atoms with Gasteiger partial charge in [0.05, 0.1) is 16.4 Å². The summed E-state index contributed by atoms with van der Waals surface area (Å²) < 4.78 is 1.84. The Bertz CT molecular complexity index is 578. The van der Waals surface area contributed by atoms with Crippen molar-refractivity contribution >= 4 is 29.6 Å². The van der Waals surface area contributed by atoms with Crippen molar-refractivity contribution in [1.82, 2.24) is 9.78 Å². The highest BCUT2D eigenvalue weighted by Crippen LogP contribution is 2.28. The molecule has 5 heteroatoms. The molecular formula is C14H15ClN2OS. The Morgan fingerprint density at radius 3 is 2.58 bits per heavy atom. The van der Waals surface area contributed by atoms with Crippen LogP contribution in [0, 0.1) is 0 Å². The summed E-state index contributed by atoms with van der Waals surface area (Å²) in [6.07, 6.45) is 1.69. The van der Waals surface area contributed by atoms with Crippen LogP contribution in [0.25, 0.3) is 0 Å². The fraction of sp³-hybridized carbons (Fsp3) is 0.286. The smallest absolute Gasteiger partial charge is 0.150 e. The normalized spacial score (nSPS) is 10.7. The van der Waals surface area contributed by atoms with E-state index in [4.69, 9.17) is 11.6 Å². The van der Waals surface area contributed by atoms with Crippen molar-refractivity contribution in [2.24, 2.45) is 7.05 Å². The van der Waals surface area contributed by atoms with Crippen molar-refractivity contribution in [2.45, 2.75) is 24.0 Å². The number of carbonyl (C=O) groups is 1. The van der Waals surface area contributed by atoms with Gasteiger partial charge in [-0.05, 0) is 18.6 Å². The molecule has 0 saturated heterocycles. The number of aromatic nitrogens is 2. The highest BCUT2D eigenvalue weighted by Gasteiger charge is 2.12. The van der Waals surface area contributed by atoms with Gasteiger partial charge in [0, 0.05) is 23.3 Å². The Morgan fingerprint density at radius 2 is 2.05 bits per heavy atom. The summed E-state index contributed by atoms with van der Waals surface area (Å²) >= 11 is 7.98. The lowest BCUT2D eigenvalue weighted by Crippen LogP contribution is -1.96. The van der Waals surface area contributed by atoms with Crippen LogP contribution < -0.4 is 0 Å². The lowest BCUT2D eigenvalue weighted by Gasteiger charge is -2.03. The van der Waals surface area contributed by atoms with Gasteiger partial charge in [-0.3, -0.25) is 9.48 Å². The molecule has 2 aromatic rings. The number of aldehydes is 1. The Hall–Kier alpha value is -1.26. The van der Waals surface area contributed by atoms with Crippen LogP contribution in [-0.4, -0.2) is 16.1 Å². The Kier molecular flexibility index (Phi) is 4.66. The van der Waals surface area contributed by atoms with E-state index in [0.717, 1.165) is 39.8 Å². The van der Waals surface area contributed by atoms with Gasteiger partial charge in [0.15, 0.2) is 0 Å². The Labute approximate surface area is 122 Å². The van der Waals surface area contributed by atoms with Crippen LogP contribution in [0.1, 0.15) is 28.7 Å². The van der Waals surface area contributed by atoms with Crippen molar-refractivity contribution in [2.75, 3.05) is 0 Å². The third-order valence-corrected chi connectivity index (χ3v) is 4.35. The third-order valence-electron chi connectivity index (χ3n) is 2.89. The molecule has 100 valence electrons. The predicted octanol–water partition coefficient (Wildman–Crippen LogP) is 3.74. The fourth-order valence-corrected chi connectivity index (χ4v) is 3.17. The van der Waals surface area contributed by atoms with E-state index < -0.39 is 0 Å². The van der Waals surface area contributed by atoms with Gasteiger partial charge in [-0.1, -0.05) is 30.7 Å². The van der Waals surface area contributed by atoms with E-state index in [1.165, 1.54) is 0 Å². The molecule has 0 spiro atoms. The number of nitrogens with zero attached hydrogens (tertiary/aromatic N) is 2. The number of benzene rings is 1. The molecule has 0 aliphatic rings. The number of thioether (sulfide) groups is 1. The van der Waals surface area contributed by atoms with Crippen molar-refractivity contribution in [3.8, 4) is 0 Å². The first-order valence-electron chi connectivity index (χ1n) is 6.04. The SMILES string of the molecule is CCc1nn(C)c(CSc2ccc(C=O)cc2)c1Cl. The number of halogens is 1. The van der Waals surface area contributed by atoms with Crippen molar-refractivity contribution in [3.63, 3.8) is 0 Å². The molecule has 0 aliphatic heterocycles. The highest BCUT2D eigenvalue weighted by atomic mass is 35.5. The molecule has 0 amide bonds. The molecule has 0 unspecified atom stereocenters. The van der Waals surface area contributed by atoms with Crippen LogP contribution >= 0.6 is 23.4 Å². The fourth-order valence-electron chi connectivity index (χ4n) is 1.77. The molecule has 0 atom stereocenters. The maximum absolute atomic E-state index is 10.6. The van der Waals surface area contributed by atoms with Gasteiger partial charge in [-0.25, -0.2) is 0 Å². The molecular weight excluding hydrogens is 280 g/mol. The zero-order valence-corrected chi connectivity index (χ0v) is 12.5. The molecule has 3 nitrogen and oxygen atoms in total.